The van der Waals surface area contributed by atoms with E-state index in [-0.39, 0.29) is 0 Å². The van der Waals surface area contributed by atoms with Gasteiger partial charge >= 0.3 is 6.09 Å². The predicted molar refractivity (Wildman–Crippen MR) is 50.2 cm³/mol. The number of carbonyl (C=O) groups excluding carboxylic acids is 1. The second kappa shape index (κ2) is 3.15. The minimum atomic E-state index is -0.995. The lowest BCUT2D eigenvalue weighted by Crippen LogP contribution is -2.37. The third-order valence-corrected chi connectivity index (χ3v) is 2.34. The van der Waals surface area contributed by atoms with Crippen molar-refractivity contribution in [2.75, 3.05) is 7.05 Å². The lowest BCUT2D eigenvalue weighted by atomic mass is 10.1. The van der Waals surface area contributed by atoms with Crippen molar-refractivity contribution < 1.29 is 14.6 Å². The number of aliphatic hydroxyl groups excluding tert-OH is 1. The van der Waals surface area contributed by atoms with Gasteiger partial charge in [-0.2, -0.15) is 0 Å². The Hall–Kier alpha value is -1.26. The van der Waals surface area contributed by atoms with Crippen molar-refractivity contribution in [2.45, 2.75) is 6.23 Å². The third kappa shape index (κ3) is 1.32. The van der Waals surface area contributed by atoms with Gasteiger partial charge in [0, 0.05) is 17.6 Å². The Labute approximate surface area is 85.7 Å². The van der Waals surface area contributed by atoms with E-state index >= 15 is 0 Å². The molecular formula is C9H8ClNO3. The van der Waals surface area contributed by atoms with Crippen LogP contribution >= 0.6 is 11.6 Å². The van der Waals surface area contributed by atoms with Gasteiger partial charge < -0.3 is 9.84 Å². The third-order valence-electron chi connectivity index (χ3n) is 2.10. The minimum absolute atomic E-state index is 0.352. The molecule has 5 heteroatoms. The fraction of sp³-hybridized carbons (Fsp3) is 0.222. The highest BCUT2D eigenvalue weighted by Crippen LogP contribution is 2.33. The number of amides is 1. The number of ether oxygens (including phenoxy) is 1. The van der Waals surface area contributed by atoms with Crippen LogP contribution < -0.4 is 4.74 Å². The second-order valence-corrected chi connectivity index (χ2v) is 3.47. The van der Waals surface area contributed by atoms with Crippen LogP contribution in [0.15, 0.2) is 18.2 Å². The SMILES string of the molecule is CN1C(=O)Oc2ccc(Cl)cc2[C@H]1O. The summed E-state index contributed by atoms with van der Waals surface area (Å²) >= 11 is 5.76. The quantitative estimate of drug-likeness (QED) is 0.715. The molecule has 1 aliphatic heterocycles. The highest BCUT2D eigenvalue weighted by atomic mass is 35.5. The molecule has 0 bridgehead atoms. The highest BCUT2D eigenvalue weighted by molar-refractivity contribution is 6.30. The maximum absolute atomic E-state index is 11.2. The molecule has 0 fully saturated rings. The molecule has 1 amide bonds. The number of carbonyl (C=O) groups is 1. The van der Waals surface area contributed by atoms with Crippen LogP contribution in [0.5, 0.6) is 5.75 Å². The summed E-state index contributed by atoms with van der Waals surface area (Å²) in [6, 6.07) is 4.74. The Morgan fingerprint density at radius 1 is 1.57 bits per heavy atom. The van der Waals surface area contributed by atoms with Crippen LogP contribution in [0.1, 0.15) is 11.8 Å². The van der Waals surface area contributed by atoms with Crippen LogP contribution in [0.25, 0.3) is 0 Å². The average molecular weight is 214 g/mol. The number of hydrogen-bond donors (Lipinski definition) is 1. The van der Waals surface area contributed by atoms with Gasteiger partial charge in [-0.05, 0) is 18.2 Å². The average Bonchev–Trinajstić information content (AvgIpc) is 2.16. The molecule has 74 valence electrons. The lowest BCUT2D eigenvalue weighted by Gasteiger charge is -2.29. The largest absolute Gasteiger partial charge is 0.417 e. The Balaban J connectivity index is 2.51. The second-order valence-electron chi connectivity index (χ2n) is 3.03. The molecule has 14 heavy (non-hydrogen) atoms. The summed E-state index contributed by atoms with van der Waals surface area (Å²) in [5.41, 5.74) is 0.500. The van der Waals surface area contributed by atoms with E-state index in [2.05, 4.69) is 0 Å². The number of rotatable bonds is 0. The molecule has 0 aromatic heterocycles. The van der Waals surface area contributed by atoms with E-state index in [0.29, 0.717) is 16.3 Å². The van der Waals surface area contributed by atoms with Crippen molar-refractivity contribution in [3.63, 3.8) is 0 Å². The van der Waals surface area contributed by atoms with Crippen molar-refractivity contribution in [1.82, 2.24) is 4.90 Å². The summed E-state index contributed by atoms with van der Waals surface area (Å²) in [5, 5.41) is 10.2. The molecule has 0 unspecified atom stereocenters. The van der Waals surface area contributed by atoms with Crippen molar-refractivity contribution in [3.05, 3.63) is 28.8 Å². The predicted octanol–water partition coefficient (Wildman–Crippen LogP) is 1.78. The van der Waals surface area contributed by atoms with Gasteiger partial charge in [-0.1, -0.05) is 11.6 Å². The molecule has 0 radical (unpaired) electrons. The zero-order valence-electron chi connectivity index (χ0n) is 7.40. The summed E-state index contributed by atoms with van der Waals surface area (Å²) in [6.45, 7) is 0. The summed E-state index contributed by atoms with van der Waals surface area (Å²) in [4.78, 5) is 12.3. The summed E-state index contributed by atoms with van der Waals surface area (Å²) < 4.78 is 4.94. The minimum Gasteiger partial charge on any atom is -0.410 e. The normalized spacial score (nSPS) is 20.4. The molecule has 1 aromatic rings. The first-order valence-corrected chi connectivity index (χ1v) is 4.39. The summed E-state index contributed by atoms with van der Waals surface area (Å²) in [7, 11) is 1.46. The zero-order valence-corrected chi connectivity index (χ0v) is 8.15. The Morgan fingerprint density at radius 2 is 2.29 bits per heavy atom. The first-order valence-electron chi connectivity index (χ1n) is 4.02. The molecule has 1 aromatic carbocycles. The lowest BCUT2D eigenvalue weighted by molar-refractivity contribution is 0.0148. The highest BCUT2D eigenvalue weighted by Gasteiger charge is 2.29. The molecule has 0 spiro atoms. The number of halogens is 1. The van der Waals surface area contributed by atoms with Crippen LogP contribution in [0.4, 0.5) is 4.79 Å². The monoisotopic (exact) mass is 213 g/mol. The number of hydrogen-bond acceptors (Lipinski definition) is 3. The zero-order chi connectivity index (χ0) is 10.3. The van der Waals surface area contributed by atoms with Gasteiger partial charge in [-0.15, -0.1) is 0 Å². The molecule has 0 saturated heterocycles. The number of nitrogens with zero attached hydrogens (tertiary/aromatic N) is 1. The van der Waals surface area contributed by atoms with Crippen LogP contribution in [-0.4, -0.2) is 23.1 Å². The van der Waals surface area contributed by atoms with E-state index in [0.717, 1.165) is 4.90 Å². The van der Waals surface area contributed by atoms with Gasteiger partial charge in [-0.25, -0.2) is 4.79 Å². The van der Waals surface area contributed by atoms with Crippen LogP contribution in [0, 0.1) is 0 Å². The smallest absolute Gasteiger partial charge is 0.410 e. The Kier molecular flexibility index (Phi) is 2.09. The molecule has 1 heterocycles. The van der Waals surface area contributed by atoms with E-state index < -0.39 is 12.3 Å². The first-order chi connectivity index (χ1) is 6.59. The molecule has 2 rings (SSSR count). The van der Waals surface area contributed by atoms with Gasteiger partial charge in [0.2, 0.25) is 0 Å². The number of benzene rings is 1. The van der Waals surface area contributed by atoms with E-state index in [1.807, 2.05) is 0 Å². The topological polar surface area (TPSA) is 49.8 Å². The summed E-state index contributed by atoms with van der Waals surface area (Å²) in [5.74, 6) is 0.352. The number of aliphatic hydroxyl groups is 1. The van der Waals surface area contributed by atoms with Gasteiger partial charge in [0.1, 0.15) is 5.75 Å². The van der Waals surface area contributed by atoms with Gasteiger partial charge in [0.05, 0.1) is 0 Å². The van der Waals surface area contributed by atoms with Crippen LogP contribution in [0.2, 0.25) is 5.02 Å². The van der Waals surface area contributed by atoms with E-state index in [1.165, 1.54) is 7.05 Å². The Bertz CT molecular complexity index is 394. The van der Waals surface area contributed by atoms with E-state index in [1.54, 1.807) is 18.2 Å². The van der Waals surface area contributed by atoms with Gasteiger partial charge in [-0.3, -0.25) is 4.90 Å². The number of fused-ring (bicyclic) bond motifs is 1. The molecule has 4 nitrogen and oxygen atoms in total. The molecule has 1 N–H and O–H groups in total. The fourth-order valence-electron chi connectivity index (χ4n) is 1.29. The summed E-state index contributed by atoms with van der Waals surface area (Å²) in [6.07, 6.45) is -1.57. The maximum atomic E-state index is 11.2. The molecule has 1 atom stereocenters. The Morgan fingerprint density at radius 3 is 3.00 bits per heavy atom. The standard InChI is InChI=1S/C9H8ClNO3/c1-11-8(12)6-4-5(10)2-3-7(6)14-9(11)13/h2-4,8,12H,1H3/t8-/m1/s1. The molecular weight excluding hydrogens is 206 g/mol. The first kappa shape index (κ1) is 9.30. The van der Waals surface area contributed by atoms with Gasteiger partial charge in [0.15, 0.2) is 6.23 Å². The molecule has 0 aliphatic carbocycles. The van der Waals surface area contributed by atoms with Crippen LogP contribution in [-0.2, 0) is 0 Å². The van der Waals surface area contributed by atoms with Crippen molar-refractivity contribution in [2.24, 2.45) is 0 Å². The molecule has 1 aliphatic rings. The van der Waals surface area contributed by atoms with Crippen molar-refractivity contribution in [3.8, 4) is 5.75 Å². The van der Waals surface area contributed by atoms with E-state index in [4.69, 9.17) is 16.3 Å². The fourth-order valence-corrected chi connectivity index (χ4v) is 1.47. The van der Waals surface area contributed by atoms with Crippen molar-refractivity contribution in [1.29, 1.82) is 0 Å². The maximum Gasteiger partial charge on any atom is 0.417 e. The van der Waals surface area contributed by atoms with Crippen LogP contribution in [0.3, 0.4) is 0 Å². The van der Waals surface area contributed by atoms with Crippen molar-refractivity contribution >= 4 is 17.7 Å². The van der Waals surface area contributed by atoms with E-state index in [9.17, 15) is 9.90 Å². The van der Waals surface area contributed by atoms with Gasteiger partial charge in [0.25, 0.3) is 0 Å². The molecule has 0 saturated carbocycles.